The number of nitrogens with zero attached hydrogens (tertiary/aromatic N) is 3. The molecule has 1 aliphatic heterocycles. The molecule has 3 saturated carbocycles. The first-order valence-electron chi connectivity index (χ1n) is 18.5. The van der Waals surface area contributed by atoms with Crippen LogP contribution in [0.4, 0.5) is 16.2 Å². The number of nitrogens with two attached hydrogens (primary N) is 1. The van der Waals surface area contributed by atoms with Crippen LogP contribution in [0.2, 0.25) is 0 Å². The van der Waals surface area contributed by atoms with E-state index in [4.69, 9.17) is 5.73 Å². The molecular weight excluding hydrogens is 654 g/mol. The van der Waals surface area contributed by atoms with Gasteiger partial charge < -0.3 is 36.4 Å². The van der Waals surface area contributed by atoms with Crippen LogP contribution >= 0.6 is 0 Å². The maximum absolute atomic E-state index is 14.5. The van der Waals surface area contributed by atoms with Gasteiger partial charge in [0.1, 0.15) is 23.5 Å². The average molecular weight is 712 g/mol. The molecule has 1 saturated heterocycles. The van der Waals surface area contributed by atoms with Gasteiger partial charge in [-0.05, 0) is 53.8 Å². The molecule has 5 rings (SSSR count). The molecule has 1 aromatic carbocycles. The van der Waals surface area contributed by atoms with Crippen LogP contribution in [0.3, 0.4) is 0 Å². The van der Waals surface area contributed by atoms with Gasteiger partial charge in [0.25, 0.3) is 16.8 Å². The zero-order valence-electron chi connectivity index (χ0n) is 31.5. The van der Waals surface area contributed by atoms with Gasteiger partial charge in [-0.15, -0.1) is 0 Å². The predicted octanol–water partition coefficient (Wildman–Crippen LogP) is 1.27. The fraction of sp³-hybridized carbons (Fsp3) is 0.757. The quantitative estimate of drug-likeness (QED) is 0.206. The van der Waals surface area contributed by atoms with Crippen molar-refractivity contribution < 1.29 is 24.0 Å². The van der Waals surface area contributed by atoms with Crippen LogP contribution in [0, 0.1) is 34.5 Å². The number of hydrogen-bond acceptors (Lipinski definition) is 9. The van der Waals surface area contributed by atoms with Crippen LogP contribution in [0.5, 0.6) is 0 Å². The van der Waals surface area contributed by atoms with Gasteiger partial charge in [0.05, 0.1) is 12.1 Å². The van der Waals surface area contributed by atoms with Gasteiger partial charge in [-0.25, -0.2) is 4.79 Å². The second kappa shape index (κ2) is 14.2. The lowest BCUT2D eigenvalue weighted by Gasteiger charge is -2.39. The molecule has 14 nitrogen and oxygen atoms in total. The van der Waals surface area contributed by atoms with Gasteiger partial charge in [0, 0.05) is 34.2 Å². The highest BCUT2D eigenvalue weighted by molar-refractivity contribution is 6.37. The number of rotatable bonds is 14. The maximum Gasteiger partial charge on any atom is 0.315 e. The molecule has 1 aromatic rings. The summed E-state index contributed by atoms with van der Waals surface area (Å²) in [5.41, 5.74) is 3.98. The third kappa shape index (κ3) is 7.79. The van der Waals surface area contributed by atoms with E-state index in [2.05, 4.69) is 29.8 Å². The molecule has 5 amide bonds. The summed E-state index contributed by atoms with van der Waals surface area (Å²) in [5.74, 6) is -2.54. The Bertz CT molecular complexity index is 1610. The lowest BCUT2D eigenvalue weighted by atomic mass is 9.83. The number of carbonyl (C=O) groups excluding carboxylic acids is 5. The summed E-state index contributed by atoms with van der Waals surface area (Å²) >= 11 is 0. The third-order valence-electron chi connectivity index (χ3n) is 12.0. The van der Waals surface area contributed by atoms with Crippen LogP contribution in [0.1, 0.15) is 86.0 Å². The van der Waals surface area contributed by atoms with Gasteiger partial charge in [0.15, 0.2) is 0 Å². The SMILES string of the molecule is CN(C)c1c(N(C)C[C@@H](NC(=O)N[C@H](C(=O)N2C[C@H]3[C@@H]([C@H]2C(=O)NC(CC2CC2)C(=O)C(N)=O)C3(C)C)C(C)(C)C)C2CCCCC2)c(=O)c1=O. The Kier molecular flexibility index (Phi) is 10.7. The molecule has 282 valence electrons. The summed E-state index contributed by atoms with van der Waals surface area (Å²) in [6.07, 6.45) is 7.09. The minimum Gasteiger partial charge on any atom is -0.373 e. The zero-order valence-corrected chi connectivity index (χ0v) is 31.5. The van der Waals surface area contributed by atoms with Gasteiger partial charge >= 0.3 is 6.03 Å². The number of anilines is 2. The number of carbonyl (C=O) groups is 5. The minimum atomic E-state index is -1.10. The van der Waals surface area contributed by atoms with E-state index in [0.29, 0.717) is 30.9 Å². The first-order valence-corrected chi connectivity index (χ1v) is 18.5. The number of piperidine rings is 1. The average Bonchev–Trinajstić information content (AvgIpc) is 3.91. The van der Waals surface area contributed by atoms with E-state index < -0.39 is 63.9 Å². The fourth-order valence-electron chi connectivity index (χ4n) is 8.69. The summed E-state index contributed by atoms with van der Waals surface area (Å²) in [6.45, 7) is 10.3. The molecular formula is C37H57N7O7. The number of Topliss-reactive ketones (excluding diaryl/α,β-unsaturated/α-hetero) is 1. The molecule has 0 aromatic heterocycles. The van der Waals surface area contributed by atoms with Gasteiger partial charge in [0.2, 0.25) is 17.6 Å². The number of likely N-dealkylation sites (N-methyl/N-ethyl adjacent to an activating group) is 1. The number of nitrogens with one attached hydrogen (secondary N) is 3. The Balaban J connectivity index is 1.33. The number of ketones is 1. The third-order valence-corrected chi connectivity index (χ3v) is 12.0. The number of hydrogen-bond donors (Lipinski definition) is 4. The highest BCUT2D eigenvalue weighted by Crippen LogP contribution is 2.65. The van der Waals surface area contributed by atoms with Crippen molar-refractivity contribution in [3.63, 3.8) is 0 Å². The molecule has 5 N–H and O–H groups in total. The summed E-state index contributed by atoms with van der Waals surface area (Å²) in [6, 6.07) is -3.82. The number of urea groups is 1. The minimum absolute atomic E-state index is 0.0639. The van der Waals surface area contributed by atoms with E-state index in [-0.39, 0.29) is 35.1 Å². The molecule has 14 heteroatoms. The van der Waals surface area contributed by atoms with Crippen molar-refractivity contribution in [3.8, 4) is 0 Å². The second-order valence-electron chi connectivity index (χ2n) is 17.4. The monoisotopic (exact) mass is 711 g/mol. The van der Waals surface area contributed by atoms with E-state index in [1.54, 1.807) is 30.9 Å². The fourth-order valence-corrected chi connectivity index (χ4v) is 8.69. The molecule has 3 aliphatic carbocycles. The van der Waals surface area contributed by atoms with Crippen molar-refractivity contribution in [2.45, 2.75) is 110 Å². The van der Waals surface area contributed by atoms with Crippen molar-refractivity contribution in [3.05, 3.63) is 20.4 Å². The Morgan fingerprint density at radius 1 is 0.902 bits per heavy atom. The molecule has 4 fully saturated rings. The summed E-state index contributed by atoms with van der Waals surface area (Å²) in [5, 5.41) is 8.85. The van der Waals surface area contributed by atoms with Gasteiger partial charge in [-0.1, -0.05) is 66.7 Å². The van der Waals surface area contributed by atoms with E-state index in [0.717, 1.165) is 44.9 Å². The van der Waals surface area contributed by atoms with Crippen molar-refractivity contribution >= 4 is 40.9 Å². The van der Waals surface area contributed by atoms with E-state index in [9.17, 15) is 33.6 Å². The number of primary amides is 1. The molecule has 0 radical (unpaired) electrons. The van der Waals surface area contributed by atoms with Gasteiger partial charge in [-0.3, -0.25) is 28.8 Å². The van der Waals surface area contributed by atoms with Crippen LogP contribution in [-0.4, -0.2) is 92.8 Å². The summed E-state index contributed by atoms with van der Waals surface area (Å²) < 4.78 is 0. The molecule has 0 bridgehead atoms. The molecule has 51 heavy (non-hydrogen) atoms. The Morgan fingerprint density at radius 3 is 2.06 bits per heavy atom. The van der Waals surface area contributed by atoms with E-state index in [1.165, 1.54) is 4.90 Å². The summed E-state index contributed by atoms with van der Waals surface area (Å²) in [7, 11) is 5.18. The molecule has 0 spiro atoms. The van der Waals surface area contributed by atoms with Crippen molar-refractivity contribution in [1.29, 1.82) is 0 Å². The Morgan fingerprint density at radius 2 is 1.51 bits per heavy atom. The highest BCUT2D eigenvalue weighted by Gasteiger charge is 2.70. The van der Waals surface area contributed by atoms with Crippen molar-refractivity contribution in [2.24, 2.45) is 40.2 Å². The Hall–Kier alpha value is -3.97. The lowest BCUT2D eigenvalue weighted by molar-refractivity contribution is -0.145. The second-order valence-corrected chi connectivity index (χ2v) is 17.4. The number of likely N-dealkylation sites (tertiary alicyclic amines) is 1. The van der Waals surface area contributed by atoms with Crippen LogP contribution in [-0.2, 0) is 19.2 Å². The lowest BCUT2D eigenvalue weighted by Crippen LogP contribution is -2.62. The van der Waals surface area contributed by atoms with E-state index >= 15 is 0 Å². The normalized spacial score (nSPS) is 24.5. The van der Waals surface area contributed by atoms with Crippen molar-refractivity contribution in [1.82, 2.24) is 20.9 Å². The number of amides is 5. The van der Waals surface area contributed by atoms with Gasteiger partial charge in [-0.2, -0.15) is 0 Å². The van der Waals surface area contributed by atoms with Crippen LogP contribution < -0.4 is 42.3 Å². The van der Waals surface area contributed by atoms with Crippen LogP contribution in [0.15, 0.2) is 9.59 Å². The summed E-state index contributed by atoms with van der Waals surface area (Å²) in [4.78, 5) is 96.6. The number of fused-ring (bicyclic) bond motifs is 1. The molecule has 4 aliphatic rings. The van der Waals surface area contributed by atoms with E-state index in [1.807, 2.05) is 20.8 Å². The smallest absolute Gasteiger partial charge is 0.315 e. The first kappa shape index (κ1) is 38.3. The standard InChI is InChI=1S/C37H57N7O7/c1-36(2,3)31(41-35(51)40-23(20-12-10-9-11-13-20)18-43(8)27-26(42(6)7)29(46)30(27)47)34(50)44-17-21-24(37(21,4)5)25(44)33(49)39-22(16-19-14-15-19)28(45)32(38)48/h19-25,31H,9-18H2,1-8H3,(H2,38,48)(H,39,49)(H2,40,41,51)/t21-,22?,23+,24-,25-,31+/m0/s1. The zero-order chi connectivity index (χ0) is 37.7. The Labute approximate surface area is 300 Å². The highest BCUT2D eigenvalue weighted by atomic mass is 16.2. The predicted molar refractivity (Wildman–Crippen MR) is 194 cm³/mol. The first-order chi connectivity index (χ1) is 23.7. The topological polar surface area (TPSA) is 191 Å². The molecule has 1 unspecified atom stereocenters. The molecule has 1 heterocycles. The largest absolute Gasteiger partial charge is 0.373 e. The van der Waals surface area contributed by atoms with Crippen LogP contribution in [0.25, 0.3) is 0 Å². The molecule has 6 atom stereocenters. The van der Waals surface area contributed by atoms with Crippen molar-refractivity contribution in [2.75, 3.05) is 44.0 Å². The maximum atomic E-state index is 14.5.